The Balaban J connectivity index is 1.49. The smallest absolute Gasteiger partial charge is 0.340 e. The van der Waals surface area contributed by atoms with Gasteiger partial charge in [0.15, 0.2) is 4.96 Å². The van der Waals surface area contributed by atoms with Gasteiger partial charge in [0.1, 0.15) is 12.4 Å². The van der Waals surface area contributed by atoms with Crippen LogP contribution < -0.4 is 10.9 Å². The van der Waals surface area contributed by atoms with Gasteiger partial charge in [0.25, 0.3) is 11.5 Å². The third kappa shape index (κ3) is 4.11. The van der Waals surface area contributed by atoms with E-state index in [1.54, 1.807) is 29.8 Å². The fourth-order valence-corrected chi connectivity index (χ4v) is 3.48. The molecular weight excluding hydrogens is 409 g/mol. The Bertz CT molecular complexity index is 1300. The average molecular weight is 423 g/mol. The highest BCUT2D eigenvalue weighted by Gasteiger charge is 2.16. The molecule has 4 rings (SSSR count). The first kappa shape index (κ1) is 19.5. The van der Waals surface area contributed by atoms with Gasteiger partial charge in [-0.15, -0.1) is 11.3 Å². The van der Waals surface area contributed by atoms with Crippen molar-refractivity contribution in [2.24, 2.45) is 0 Å². The molecule has 0 atom stereocenters. The number of para-hydroxylation sites is 1. The number of carbonyl (C=O) groups excluding carboxylic acids is 2. The number of carbonyl (C=O) groups is 2. The zero-order valence-electron chi connectivity index (χ0n) is 15.4. The lowest BCUT2D eigenvalue weighted by molar-refractivity contribution is 0.0469. The summed E-state index contributed by atoms with van der Waals surface area (Å²) in [5.41, 5.74) is 0.692. The van der Waals surface area contributed by atoms with Crippen LogP contribution in [-0.2, 0) is 11.3 Å². The summed E-state index contributed by atoms with van der Waals surface area (Å²) in [5, 5.41) is 4.36. The molecule has 0 aliphatic carbocycles. The van der Waals surface area contributed by atoms with E-state index in [0.29, 0.717) is 10.7 Å². The summed E-state index contributed by atoms with van der Waals surface area (Å²) in [4.78, 5) is 41.8. The molecule has 0 bridgehead atoms. The second kappa shape index (κ2) is 8.26. The van der Waals surface area contributed by atoms with E-state index in [9.17, 15) is 18.8 Å². The predicted octanol–water partition coefficient (Wildman–Crippen LogP) is 3.50. The number of nitrogens with one attached hydrogen (secondary N) is 1. The van der Waals surface area contributed by atoms with Crippen LogP contribution in [0.5, 0.6) is 0 Å². The minimum Gasteiger partial charge on any atom is -0.456 e. The highest BCUT2D eigenvalue weighted by Crippen LogP contribution is 2.18. The molecule has 1 N–H and O–H groups in total. The van der Waals surface area contributed by atoms with Crippen LogP contribution in [0.4, 0.5) is 10.1 Å². The summed E-state index contributed by atoms with van der Waals surface area (Å²) in [5.74, 6) is -1.63. The molecule has 7 nitrogen and oxygen atoms in total. The van der Waals surface area contributed by atoms with Gasteiger partial charge in [0.05, 0.1) is 16.9 Å². The number of thiazole rings is 1. The van der Waals surface area contributed by atoms with E-state index in [4.69, 9.17) is 4.74 Å². The Kier molecular flexibility index (Phi) is 5.36. The quantitative estimate of drug-likeness (QED) is 0.496. The molecule has 0 unspecified atom stereocenters. The maximum atomic E-state index is 13.0. The van der Waals surface area contributed by atoms with Gasteiger partial charge in [-0.25, -0.2) is 14.2 Å². The number of hydrogen-bond acceptors (Lipinski definition) is 6. The second-order valence-electron chi connectivity index (χ2n) is 6.22. The summed E-state index contributed by atoms with van der Waals surface area (Å²) in [6.45, 7) is -0.192. The fourth-order valence-electron chi connectivity index (χ4n) is 2.74. The largest absolute Gasteiger partial charge is 0.456 e. The van der Waals surface area contributed by atoms with Crippen LogP contribution in [0.2, 0.25) is 0 Å². The number of benzene rings is 2. The standard InChI is InChI=1S/C21H14FN3O4S/c22-14-7-5-13(6-8-14)19(27)24-17-4-2-1-3-16(17)20(28)29-12-15-11-18(26)25-9-10-30-21(25)23-15/h1-11H,12H2,(H,24,27). The van der Waals surface area contributed by atoms with Gasteiger partial charge in [0, 0.05) is 23.2 Å². The first-order valence-corrected chi connectivity index (χ1v) is 9.68. The number of anilines is 1. The molecule has 1 amide bonds. The van der Waals surface area contributed by atoms with E-state index in [2.05, 4.69) is 10.3 Å². The summed E-state index contributed by atoms with van der Waals surface area (Å²) in [7, 11) is 0. The summed E-state index contributed by atoms with van der Waals surface area (Å²) < 4.78 is 19.7. The van der Waals surface area contributed by atoms with Crippen molar-refractivity contribution in [2.45, 2.75) is 6.61 Å². The summed E-state index contributed by atoms with van der Waals surface area (Å²) in [6.07, 6.45) is 1.62. The van der Waals surface area contributed by atoms with Gasteiger partial charge in [-0.2, -0.15) is 0 Å². The van der Waals surface area contributed by atoms with Crippen LogP contribution in [-0.4, -0.2) is 21.3 Å². The molecular formula is C21H14FN3O4S. The Labute approximate surface area is 173 Å². The van der Waals surface area contributed by atoms with E-state index in [1.807, 2.05) is 0 Å². The van der Waals surface area contributed by atoms with Crippen LogP contribution in [0.1, 0.15) is 26.4 Å². The van der Waals surface area contributed by atoms with Crippen LogP contribution in [0.15, 0.2) is 71.0 Å². The minimum absolute atomic E-state index is 0.141. The Morgan fingerprint density at radius 1 is 1.13 bits per heavy atom. The van der Waals surface area contributed by atoms with Crippen molar-refractivity contribution in [3.63, 3.8) is 0 Å². The molecule has 9 heteroatoms. The topological polar surface area (TPSA) is 89.8 Å². The highest BCUT2D eigenvalue weighted by molar-refractivity contribution is 7.15. The zero-order chi connectivity index (χ0) is 21.1. The number of rotatable bonds is 5. The van der Waals surface area contributed by atoms with Gasteiger partial charge in [-0.05, 0) is 36.4 Å². The molecule has 0 aliphatic heterocycles. The molecule has 4 aromatic rings. The minimum atomic E-state index is -0.682. The number of hydrogen-bond donors (Lipinski definition) is 1. The average Bonchev–Trinajstić information content (AvgIpc) is 3.22. The van der Waals surface area contributed by atoms with Crippen molar-refractivity contribution in [2.75, 3.05) is 5.32 Å². The van der Waals surface area contributed by atoms with E-state index in [1.165, 1.54) is 52.1 Å². The van der Waals surface area contributed by atoms with Crippen LogP contribution in [0, 0.1) is 5.82 Å². The molecule has 2 heterocycles. The van der Waals surface area contributed by atoms with Crippen molar-refractivity contribution < 1.29 is 18.7 Å². The number of nitrogens with zero attached hydrogens (tertiary/aromatic N) is 2. The maximum absolute atomic E-state index is 13.0. The Hall–Kier alpha value is -3.85. The highest BCUT2D eigenvalue weighted by atomic mass is 32.1. The van der Waals surface area contributed by atoms with Crippen molar-refractivity contribution in [3.05, 3.63) is 99.2 Å². The van der Waals surface area contributed by atoms with E-state index < -0.39 is 17.7 Å². The van der Waals surface area contributed by atoms with Crippen molar-refractivity contribution >= 4 is 33.9 Å². The molecule has 0 aliphatic rings. The van der Waals surface area contributed by atoms with Crippen LogP contribution in [0.25, 0.3) is 4.96 Å². The van der Waals surface area contributed by atoms with Crippen LogP contribution in [0.3, 0.4) is 0 Å². The van der Waals surface area contributed by atoms with Gasteiger partial charge in [0.2, 0.25) is 0 Å². The molecule has 0 radical (unpaired) electrons. The molecule has 2 aromatic heterocycles. The number of halogens is 1. The van der Waals surface area contributed by atoms with Crippen LogP contribution >= 0.6 is 11.3 Å². The fraction of sp³-hybridized carbons (Fsp3) is 0.0476. The molecule has 150 valence electrons. The molecule has 2 aromatic carbocycles. The number of fused-ring (bicyclic) bond motifs is 1. The molecule has 30 heavy (non-hydrogen) atoms. The van der Waals surface area contributed by atoms with Crippen molar-refractivity contribution in [1.29, 1.82) is 0 Å². The number of ether oxygens (including phenoxy) is 1. The maximum Gasteiger partial charge on any atom is 0.340 e. The lowest BCUT2D eigenvalue weighted by Gasteiger charge is -2.11. The lowest BCUT2D eigenvalue weighted by Crippen LogP contribution is -2.17. The van der Waals surface area contributed by atoms with E-state index >= 15 is 0 Å². The zero-order valence-corrected chi connectivity index (χ0v) is 16.2. The van der Waals surface area contributed by atoms with Crippen molar-refractivity contribution in [3.8, 4) is 0 Å². The molecule has 0 spiro atoms. The summed E-state index contributed by atoms with van der Waals surface area (Å²) in [6, 6.07) is 12.7. The first-order chi connectivity index (χ1) is 14.5. The van der Waals surface area contributed by atoms with Gasteiger partial charge in [-0.3, -0.25) is 14.0 Å². The third-order valence-corrected chi connectivity index (χ3v) is 4.97. The first-order valence-electron chi connectivity index (χ1n) is 8.80. The number of aromatic nitrogens is 2. The van der Waals surface area contributed by atoms with Gasteiger partial charge in [-0.1, -0.05) is 12.1 Å². The summed E-state index contributed by atoms with van der Waals surface area (Å²) >= 11 is 1.29. The Morgan fingerprint density at radius 2 is 1.90 bits per heavy atom. The Morgan fingerprint density at radius 3 is 2.70 bits per heavy atom. The van der Waals surface area contributed by atoms with E-state index in [0.717, 1.165) is 0 Å². The SMILES string of the molecule is O=C(Nc1ccccc1C(=O)OCc1cc(=O)n2ccsc2n1)c1ccc(F)cc1. The molecule has 0 saturated carbocycles. The number of esters is 1. The molecule has 0 fully saturated rings. The second-order valence-corrected chi connectivity index (χ2v) is 7.10. The normalized spacial score (nSPS) is 10.7. The van der Waals surface area contributed by atoms with E-state index in [-0.39, 0.29) is 29.0 Å². The monoisotopic (exact) mass is 423 g/mol. The third-order valence-electron chi connectivity index (χ3n) is 4.21. The van der Waals surface area contributed by atoms with Gasteiger partial charge < -0.3 is 10.1 Å². The lowest BCUT2D eigenvalue weighted by atomic mass is 10.1. The predicted molar refractivity (Wildman–Crippen MR) is 109 cm³/mol. The number of amides is 1. The van der Waals surface area contributed by atoms with Crippen molar-refractivity contribution in [1.82, 2.24) is 9.38 Å². The molecule has 0 saturated heterocycles. The van der Waals surface area contributed by atoms with Gasteiger partial charge >= 0.3 is 5.97 Å².